The van der Waals surface area contributed by atoms with Gasteiger partial charge in [0.15, 0.2) is 0 Å². The second-order valence-corrected chi connectivity index (χ2v) is 4.12. The fraction of sp³-hybridized carbons (Fsp3) is 0.571. The molecule has 1 nitrogen and oxygen atoms in total. The van der Waals surface area contributed by atoms with Crippen molar-refractivity contribution in [2.75, 3.05) is 19.3 Å². The summed E-state index contributed by atoms with van der Waals surface area (Å²) >= 11 is 0. The Labute approximate surface area is 59.4 Å². The number of hydrogen-bond acceptors (Lipinski definition) is 1. The first-order valence-electron chi connectivity index (χ1n) is 3.17. The molecule has 1 heterocycles. The van der Waals surface area contributed by atoms with Crippen molar-refractivity contribution in [1.82, 2.24) is 4.31 Å². The minimum Gasteiger partial charge on any atom is -0.259 e. The van der Waals surface area contributed by atoms with E-state index in [0.29, 0.717) is 0 Å². The number of hydrogen-bond donors (Lipinski definition) is 0. The molecular formula is C7H13NS. The molecule has 0 saturated heterocycles. The highest BCUT2D eigenvalue weighted by atomic mass is 32.2. The first kappa shape index (κ1) is 7.03. The van der Waals surface area contributed by atoms with Crippen molar-refractivity contribution >= 4 is 16.5 Å². The van der Waals surface area contributed by atoms with Gasteiger partial charge >= 0.3 is 0 Å². The van der Waals surface area contributed by atoms with Gasteiger partial charge in [0.25, 0.3) is 0 Å². The third-order valence-corrected chi connectivity index (χ3v) is 3.15. The van der Waals surface area contributed by atoms with Gasteiger partial charge in [-0.2, -0.15) is 0 Å². The lowest BCUT2D eigenvalue weighted by atomic mass is 10.4. The molecule has 52 valence electrons. The highest BCUT2D eigenvalue weighted by Crippen LogP contribution is 2.17. The lowest BCUT2D eigenvalue weighted by Crippen LogP contribution is -2.11. The van der Waals surface area contributed by atoms with Crippen molar-refractivity contribution in [2.45, 2.75) is 6.42 Å². The van der Waals surface area contributed by atoms with Crippen LogP contribution in [0, 0.1) is 0 Å². The van der Waals surface area contributed by atoms with E-state index in [-0.39, 0.29) is 10.7 Å². The maximum Gasteiger partial charge on any atom is 0.0192 e. The van der Waals surface area contributed by atoms with E-state index < -0.39 is 0 Å². The molecule has 1 aliphatic heterocycles. The summed E-state index contributed by atoms with van der Waals surface area (Å²) in [6.07, 6.45) is 5.67. The van der Waals surface area contributed by atoms with Gasteiger partial charge in [-0.15, -0.1) is 10.7 Å². The largest absolute Gasteiger partial charge is 0.259 e. The summed E-state index contributed by atoms with van der Waals surface area (Å²) in [7, 11) is 2.39. The van der Waals surface area contributed by atoms with Crippen LogP contribution in [0.1, 0.15) is 6.42 Å². The summed E-state index contributed by atoms with van der Waals surface area (Å²) < 4.78 is 2.32. The van der Waals surface area contributed by atoms with Crippen LogP contribution >= 0.6 is 10.7 Å². The van der Waals surface area contributed by atoms with Gasteiger partial charge in [-0.25, -0.2) is 0 Å². The Kier molecular flexibility index (Phi) is 2.49. The van der Waals surface area contributed by atoms with Crippen LogP contribution in [0.25, 0.3) is 0 Å². The van der Waals surface area contributed by atoms with Gasteiger partial charge in [-0.3, -0.25) is 4.31 Å². The van der Waals surface area contributed by atoms with Gasteiger partial charge in [0.2, 0.25) is 0 Å². The first-order chi connectivity index (χ1) is 4.30. The SMILES string of the molecule is C=S1CC=CCCN1C. The van der Waals surface area contributed by atoms with Gasteiger partial charge in [0.1, 0.15) is 0 Å². The molecule has 1 rings (SSSR count). The average molecular weight is 143 g/mol. The molecule has 0 saturated carbocycles. The van der Waals surface area contributed by atoms with Crippen molar-refractivity contribution in [3.05, 3.63) is 12.2 Å². The van der Waals surface area contributed by atoms with E-state index in [1.165, 1.54) is 13.0 Å². The lowest BCUT2D eigenvalue weighted by Gasteiger charge is -2.15. The number of nitrogens with zero attached hydrogens (tertiary/aromatic N) is 1. The summed E-state index contributed by atoms with van der Waals surface area (Å²) in [5, 5.41) is 0. The molecule has 0 radical (unpaired) electrons. The molecule has 0 bridgehead atoms. The van der Waals surface area contributed by atoms with Gasteiger partial charge < -0.3 is 0 Å². The quantitative estimate of drug-likeness (QED) is 0.367. The molecule has 0 fully saturated rings. The summed E-state index contributed by atoms with van der Waals surface area (Å²) in [6, 6.07) is 0. The Hall–Kier alpha value is -0.0800. The zero-order chi connectivity index (χ0) is 6.69. The van der Waals surface area contributed by atoms with Gasteiger partial charge in [-0.1, -0.05) is 18.0 Å². The highest BCUT2D eigenvalue weighted by molar-refractivity contribution is 8.12. The van der Waals surface area contributed by atoms with Crippen molar-refractivity contribution < 1.29 is 0 Å². The normalized spacial score (nSPS) is 30.1. The maximum absolute atomic E-state index is 4.04. The van der Waals surface area contributed by atoms with Crippen LogP contribution in [-0.2, 0) is 0 Å². The minimum absolute atomic E-state index is 0.244. The van der Waals surface area contributed by atoms with E-state index >= 15 is 0 Å². The van der Waals surface area contributed by atoms with E-state index in [2.05, 4.69) is 29.4 Å². The Morgan fingerprint density at radius 1 is 1.56 bits per heavy atom. The van der Waals surface area contributed by atoms with E-state index in [1.54, 1.807) is 0 Å². The molecular weight excluding hydrogens is 130 g/mol. The van der Waals surface area contributed by atoms with E-state index in [0.717, 1.165) is 5.75 Å². The standard InChI is InChI=1S/C7H13NS/c1-8-6-4-3-5-7-9(8)2/h3,5H,2,4,6-7H2,1H3. The van der Waals surface area contributed by atoms with E-state index in [4.69, 9.17) is 0 Å². The Morgan fingerprint density at radius 2 is 2.33 bits per heavy atom. The molecule has 2 heteroatoms. The topological polar surface area (TPSA) is 3.24 Å². The van der Waals surface area contributed by atoms with Gasteiger partial charge in [-0.05, 0) is 13.5 Å². The lowest BCUT2D eigenvalue weighted by molar-refractivity contribution is 0.578. The van der Waals surface area contributed by atoms with Crippen LogP contribution in [0.2, 0.25) is 0 Å². The molecule has 0 aromatic carbocycles. The Bertz CT molecular complexity index is 140. The van der Waals surface area contributed by atoms with Crippen molar-refractivity contribution in [3.8, 4) is 0 Å². The molecule has 1 aliphatic rings. The van der Waals surface area contributed by atoms with Crippen molar-refractivity contribution in [1.29, 1.82) is 0 Å². The second-order valence-electron chi connectivity index (χ2n) is 2.24. The van der Waals surface area contributed by atoms with Crippen LogP contribution < -0.4 is 0 Å². The second kappa shape index (κ2) is 3.18. The predicted octanol–water partition coefficient (Wildman–Crippen LogP) is 1.49. The molecule has 0 spiro atoms. The Morgan fingerprint density at radius 3 is 3.11 bits per heavy atom. The summed E-state index contributed by atoms with van der Waals surface area (Å²) in [5.41, 5.74) is 0. The van der Waals surface area contributed by atoms with Crippen LogP contribution in [-0.4, -0.2) is 29.5 Å². The smallest absolute Gasteiger partial charge is 0.0192 e. The minimum atomic E-state index is 0.244. The zero-order valence-electron chi connectivity index (χ0n) is 5.84. The fourth-order valence-electron chi connectivity index (χ4n) is 0.810. The van der Waals surface area contributed by atoms with Crippen molar-refractivity contribution in [3.63, 3.8) is 0 Å². The molecule has 9 heavy (non-hydrogen) atoms. The van der Waals surface area contributed by atoms with Gasteiger partial charge in [0.05, 0.1) is 0 Å². The first-order valence-corrected chi connectivity index (χ1v) is 4.69. The van der Waals surface area contributed by atoms with Crippen LogP contribution in [0.5, 0.6) is 0 Å². The molecule has 0 aromatic heterocycles. The average Bonchev–Trinajstić information content (AvgIpc) is 1.99. The number of rotatable bonds is 0. The van der Waals surface area contributed by atoms with Crippen LogP contribution in [0.15, 0.2) is 12.2 Å². The van der Waals surface area contributed by atoms with Crippen LogP contribution in [0.4, 0.5) is 0 Å². The van der Waals surface area contributed by atoms with E-state index in [9.17, 15) is 0 Å². The molecule has 0 aromatic rings. The Balaban J connectivity index is 2.52. The summed E-state index contributed by atoms with van der Waals surface area (Å²) in [4.78, 5) is 0. The zero-order valence-corrected chi connectivity index (χ0v) is 6.66. The molecule has 0 N–H and O–H groups in total. The van der Waals surface area contributed by atoms with Gasteiger partial charge in [0, 0.05) is 12.3 Å². The van der Waals surface area contributed by atoms with E-state index in [1.807, 2.05) is 0 Å². The third-order valence-electron chi connectivity index (χ3n) is 1.51. The summed E-state index contributed by atoms with van der Waals surface area (Å²) in [6.45, 7) is 1.17. The predicted molar refractivity (Wildman–Crippen MR) is 46.0 cm³/mol. The fourth-order valence-corrected chi connectivity index (χ4v) is 1.79. The highest BCUT2D eigenvalue weighted by Gasteiger charge is 2.00. The third kappa shape index (κ3) is 1.95. The summed E-state index contributed by atoms with van der Waals surface area (Å²) in [5.74, 6) is 5.18. The molecule has 0 aliphatic carbocycles. The maximum atomic E-state index is 4.04. The monoisotopic (exact) mass is 143 g/mol. The molecule has 1 atom stereocenters. The molecule has 1 unspecified atom stereocenters. The van der Waals surface area contributed by atoms with Crippen LogP contribution in [0.3, 0.4) is 0 Å². The molecule has 0 amide bonds. The van der Waals surface area contributed by atoms with Crippen molar-refractivity contribution in [2.24, 2.45) is 0 Å².